The molecule has 0 radical (unpaired) electrons. The van der Waals surface area contributed by atoms with Gasteiger partial charge in [-0.25, -0.2) is 4.98 Å². The van der Waals surface area contributed by atoms with Gasteiger partial charge in [0, 0.05) is 22.0 Å². The summed E-state index contributed by atoms with van der Waals surface area (Å²) in [4.78, 5) is 5.25. The summed E-state index contributed by atoms with van der Waals surface area (Å²) in [6.45, 7) is 9.55. The Morgan fingerprint density at radius 1 is 0.230 bits per heavy atom. The van der Waals surface area contributed by atoms with Crippen molar-refractivity contribution in [3.8, 4) is 100 Å². The SMILES string of the molecule is CC1(C)c2cc(-c3ccc(-c4ccc(-c5cccc(-c6cccc7ccccc67)c5)cc4)cc3)ccc2-c2ccc(-c3ccc4c(c3)C(C)(C)c3cc(-c5cccc(-c6cccc7ccccc67)n5)ccc3-4)cc21. The monoisotopic (exact) mass is 943 g/mol. The van der Waals surface area contributed by atoms with Crippen LogP contribution in [0.5, 0.6) is 0 Å². The Hall–Kier alpha value is -8.91. The number of hydrogen-bond donors (Lipinski definition) is 0. The number of hydrogen-bond acceptors (Lipinski definition) is 1. The molecule has 74 heavy (non-hydrogen) atoms. The van der Waals surface area contributed by atoms with Gasteiger partial charge in [0.05, 0.1) is 11.4 Å². The largest absolute Gasteiger partial charge is 0.248 e. The maximum absolute atomic E-state index is 5.25. The predicted molar refractivity (Wildman–Crippen MR) is 312 cm³/mol. The highest BCUT2D eigenvalue weighted by Crippen LogP contribution is 2.53. The maximum Gasteiger partial charge on any atom is 0.0715 e. The Morgan fingerprint density at radius 2 is 0.568 bits per heavy atom. The number of nitrogens with zero attached hydrogens (tertiary/aromatic N) is 1. The second-order valence-corrected chi connectivity index (χ2v) is 21.5. The van der Waals surface area contributed by atoms with Crippen LogP contribution in [0, 0.1) is 0 Å². The molecule has 11 aromatic carbocycles. The third-order valence-corrected chi connectivity index (χ3v) is 16.5. The minimum absolute atomic E-state index is 0.158. The lowest BCUT2D eigenvalue weighted by Crippen LogP contribution is -2.15. The minimum atomic E-state index is -0.178. The van der Waals surface area contributed by atoms with Crippen molar-refractivity contribution in [2.24, 2.45) is 0 Å². The molecule has 2 aliphatic carbocycles. The van der Waals surface area contributed by atoms with E-state index in [4.69, 9.17) is 4.98 Å². The summed E-state index contributed by atoms with van der Waals surface area (Å²) in [6.07, 6.45) is 0. The Labute approximate surface area is 434 Å². The van der Waals surface area contributed by atoms with E-state index in [0.29, 0.717) is 0 Å². The van der Waals surface area contributed by atoms with Crippen molar-refractivity contribution in [2.75, 3.05) is 0 Å². The molecule has 14 rings (SSSR count). The smallest absolute Gasteiger partial charge is 0.0715 e. The fraction of sp³-hybridized carbons (Fsp3) is 0.0822. The molecular weight excluding hydrogens is 891 g/mol. The average Bonchev–Trinajstić information content (AvgIpc) is 3.87. The predicted octanol–water partition coefficient (Wildman–Crippen LogP) is 19.7. The molecule has 1 nitrogen and oxygen atoms in total. The van der Waals surface area contributed by atoms with Crippen molar-refractivity contribution in [1.29, 1.82) is 0 Å². The van der Waals surface area contributed by atoms with E-state index in [2.05, 4.69) is 276 Å². The minimum Gasteiger partial charge on any atom is -0.248 e. The van der Waals surface area contributed by atoms with Gasteiger partial charge in [-0.05, 0) is 164 Å². The molecule has 0 bridgehead atoms. The number of benzene rings is 11. The van der Waals surface area contributed by atoms with Gasteiger partial charge in [0.1, 0.15) is 0 Å². The molecule has 0 saturated carbocycles. The van der Waals surface area contributed by atoms with Crippen LogP contribution in [0.3, 0.4) is 0 Å². The van der Waals surface area contributed by atoms with E-state index in [9.17, 15) is 0 Å². The van der Waals surface area contributed by atoms with Crippen molar-refractivity contribution in [1.82, 2.24) is 4.98 Å². The molecule has 12 aromatic rings. The van der Waals surface area contributed by atoms with Crippen LogP contribution in [0.4, 0.5) is 0 Å². The topological polar surface area (TPSA) is 12.9 Å². The van der Waals surface area contributed by atoms with Gasteiger partial charge in [0.15, 0.2) is 0 Å². The van der Waals surface area contributed by atoms with Gasteiger partial charge < -0.3 is 0 Å². The molecule has 0 atom stereocenters. The summed E-state index contributed by atoms with van der Waals surface area (Å²) < 4.78 is 0. The molecule has 0 aliphatic heterocycles. The number of pyridine rings is 1. The van der Waals surface area contributed by atoms with Gasteiger partial charge in [0.25, 0.3) is 0 Å². The van der Waals surface area contributed by atoms with Crippen LogP contribution in [0.15, 0.2) is 249 Å². The first-order valence-corrected chi connectivity index (χ1v) is 26.0. The van der Waals surface area contributed by atoms with E-state index in [1.165, 1.54) is 122 Å². The van der Waals surface area contributed by atoms with Gasteiger partial charge >= 0.3 is 0 Å². The molecular formula is C73H53N. The summed E-state index contributed by atoms with van der Waals surface area (Å²) in [5.41, 5.74) is 27.1. The molecule has 2 aliphatic rings. The van der Waals surface area contributed by atoms with E-state index < -0.39 is 0 Å². The van der Waals surface area contributed by atoms with E-state index in [-0.39, 0.29) is 10.8 Å². The lowest BCUT2D eigenvalue weighted by molar-refractivity contribution is 0.659. The summed E-state index contributed by atoms with van der Waals surface area (Å²) in [6, 6.07) is 92.0. The van der Waals surface area contributed by atoms with Gasteiger partial charge in [-0.2, -0.15) is 0 Å². The van der Waals surface area contributed by atoms with Crippen LogP contribution >= 0.6 is 0 Å². The van der Waals surface area contributed by atoms with Crippen LogP contribution in [-0.4, -0.2) is 4.98 Å². The molecule has 1 heteroatoms. The Bertz CT molecular complexity index is 4210. The fourth-order valence-electron chi connectivity index (χ4n) is 12.4. The third-order valence-electron chi connectivity index (χ3n) is 16.5. The highest BCUT2D eigenvalue weighted by molar-refractivity contribution is 5.98. The van der Waals surface area contributed by atoms with Gasteiger partial charge in [0.2, 0.25) is 0 Å². The van der Waals surface area contributed by atoms with Crippen molar-refractivity contribution in [3.63, 3.8) is 0 Å². The zero-order valence-corrected chi connectivity index (χ0v) is 42.1. The van der Waals surface area contributed by atoms with Crippen LogP contribution in [0.25, 0.3) is 122 Å². The lowest BCUT2D eigenvalue weighted by Gasteiger charge is -2.24. The standard InChI is InChI=1S/C73H53N/c1-72(2)66-42-53(49-31-27-47(28-32-49)46-25-29-48(30-26-46)52-17-9-18-56(41-52)60-21-10-15-50-13-5-7-19-58(50)60)33-37-61(66)62-38-34-54(43-67(62)72)55-35-39-63-64-40-36-57(45-69(64)73(3,4)68(63)44-55)70-23-12-24-71(74-70)65-22-11-16-51-14-6-8-20-59(51)65/h5-45H,1-4H3. The number of rotatable bonds is 7. The normalized spacial score (nSPS) is 13.6. The summed E-state index contributed by atoms with van der Waals surface area (Å²) in [5.74, 6) is 0. The third kappa shape index (κ3) is 7.10. The molecule has 0 N–H and O–H groups in total. The van der Waals surface area contributed by atoms with Crippen LogP contribution in [0.1, 0.15) is 49.9 Å². The number of fused-ring (bicyclic) bond motifs is 8. The first kappa shape index (κ1) is 43.8. The lowest BCUT2D eigenvalue weighted by atomic mass is 9.79. The van der Waals surface area contributed by atoms with E-state index in [1.807, 2.05) is 0 Å². The van der Waals surface area contributed by atoms with Crippen molar-refractivity contribution >= 4 is 21.5 Å². The molecule has 1 heterocycles. The van der Waals surface area contributed by atoms with Crippen molar-refractivity contribution in [2.45, 2.75) is 38.5 Å². The highest BCUT2D eigenvalue weighted by atomic mass is 14.7. The fourth-order valence-corrected chi connectivity index (χ4v) is 12.4. The molecule has 0 amide bonds. The van der Waals surface area contributed by atoms with Crippen LogP contribution in [-0.2, 0) is 10.8 Å². The van der Waals surface area contributed by atoms with Gasteiger partial charge in [-0.1, -0.05) is 234 Å². The Kier molecular flexibility index (Phi) is 9.98. The zero-order chi connectivity index (χ0) is 49.7. The quantitative estimate of drug-likeness (QED) is 0.155. The van der Waals surface area contributed by atoms with Crippen molar-refractivity contribution in [3.05, 3.63) is 271 Å². The zero-order valence-electron chi connectivity index (χ0n) is 42.1. The second kappa shape index (κ2) is 16.8. The molecule has 1 aromatic heterocycles. The number of aromatic nitrogens is 1. The van der Waals surface area contributed by atoms with E-state index in [1.54, 1.807) is 0 Å². The summed E-state index contributed by atoms with van der Waals surface area (Å²) >= 11 is 0. The highest BCUT2D eigenvalue weighted by Gasteiger charge is 2.38. The molecule has 0 fully saturated rings. The summed E-state index contributed by atoms with van der Waals surface area (Å²) in [5, 5.41) is 4.99. The Morgan fingerprint density at radius 3 is 1.09 bits per heavy atom. The van der Waals surface area contributed by atoms with Gasteiger partial charge in [-0.3, -0.25) is 0 Å². The van der Waals surface area contributed by atoms with Crippen molar-refractivity contribution < 1.29 is 0 Å². The average molecular weight is 944 g/mol. The summed E-state index contributed by atoms with van der Waals surface area (Å²) in [7, 11) is 0. The first-order valence-electron chi connectivity index (χ1n) is 26.0. The molecule has 0 unspecified atom stereocenters. The Balaban J connectivity index is 0.702. The van der Waals surface area contributed by atoms with E-state index >= 15 is 0 Å². The molecule has 0 saturated heterocycles. The van der Waals surface area contributed by atoms with E-state index in [0.717, 1.165) is 22.5 Å². The second-order valence-electron chi connectivity index (χ2n) is 21.5. The van der Waals surface area contributed by atoms with Crippen LogP contribution < -0.4 is 0 Å². The molecule has 0 spiro atoms. The van der Waals surface area contributed by atoms with Gasteiger partial charge in [-0.15, -0.1) is 0 Å². The maximum atomic E-state index is 5.25. The first-order chi connectivity index (χ1) is 36.2. The molecule has 350 valence electrons. The van der Waals surface area contributed by atoms with Crippen LogP contribution in [0.2, 0.25) is 0 Å².